The smallest absolute Gasteiger partial charge is 0.229 e. The molecule has 0 radical (unpaired) electrons. The number of H-pyrrole nitrogens is 1. The fraction of sp³-hybridized carbons (Fsp3) is 0.118. The van der Waals surface area contributed by atoms with E-state index < -0.39 is 0 Å². The van der Waals surface area contributed by atoms with Gasteiger partial charge < -0.3 is 16.0 Å². The van der Waals surface area contributed by atoms with Crippen molar-refractivity contribution in [1.82, 2.24) is 9.97 Å². The van der Waals surface area contributed by atoms with E-state index in [-0.39, 0.29) is 23.1 Å². The van der Waals surface area contributed by atoms with Gasteiger partial charge in [-0.1, -0.05) is 18.5 Å². The van der Waals surface area contributed by atoms with Crippen molar-refractivity contribution in [2.75, 3.05) is 11.1 Å². The van der Waals surface area contributed by atoms with E-state index in [0.717, 1.165) is 0 Å². The molecule has 0 atom stereocenters. The molecule has 24 heavy (non-hydrogen) atoms. The molecule has 0 saturated carbocycles. The molecule has 0 bridgehead atoms. The standard InChI is InChI=1S/C17H15ClN4O2/c1-2-14(23)22-15-11-4-3-9(18)7-12(11)21-16(15)17(24)13-8-10(19)5-6-20-13/h3-8,21H,2H2,1H3,(H2,19,20)(H,22,23). The number of nitrogens with zero attached hydrogens (tertiary/aromatic N) is 1. The Bertz CT molecular complexity index is 949. The SMILES string of the molecule is CCC(=O)Nc1c(C(=O)c2cc(N)ccn2)[nH]c2cc(Cl)ccc12. The minimum Gasteiger partial charge on any atom is -0.399 e. The molecule has 1 amide bonds. The van der Waals surface area contributed by atoms with Crippen molar-refractivity contribution in [1.29, 1.82) is 0 Å². The Kier molecular flexibility index (Phi) is 4.22. The number of pyridine rings is 1. The zero-order valence-electron chi connectivity index (χ0n) is 12.9. The Morgan fingerprint density at radius 2 is 2.08 bits per heavy atom. The molecule has 1 aromatic carbocycles. The molecule has 6 nitrogen and oxygen atoms in total. The number of fused-ring (bicyclic) bond motifs is 1. The van der Waals surface area contributed by atoms with Crippen LogP contribution in [0.2, 0.25) is 5.02 Å². The summed E-state index contributed by atoms with van der Waals surface area (Å²) in [6, 6.07) is 8.24. The van der Waals surface area contributed by atoms with Crippen LogP contribution in [-0.2, 0) is 4.79 Å². The summed E-state index contributed by atoms with van der Waals surface area (Å²) in [4.78, 5) is 31.7. The molecule has 0 aliphatic rings. The molecule has 0 spiro atoms. The largest absolute Gasteiger partial charge is 0.399 e. The number of anilines is 2. The maximum absolute atomic E-state index is 12.8. The molecular formula is C17H15ClN4O2. The molecule has 3 aromatic rings. The molecular weight excluding hydrogens is 328 g/mol. The van der Waals surface area contributed by atoms with Gasteiger partial charge in [0.2, 0.25) is 11.7 Å². The summed E-state index contributed by atoms with van der Waals surface area (Å²) in [5.41, 5.74) is 7.67. The van der Waals surface area contributed by atoms with Crippen LogP contribution in [0.5, 0.6) is 0 Å². The topological polar surface area (TPSA) is 101 Å². The monoisotopic (exact) mass is 342 g/mol. The van der Waals surface area contributed by atoms with Gasteiger partial charge in [0.15, 0.2) is 0 Å². The molecule has 3 rings (SSSR count). The molecule has 0 unspecified atom stereocenters. The molecule has 0 aliphatic carbocycles. The molecule has 2 heterocycles. The van der Waals surface area contributed by atoms with E-state index in [1.165, 1.54) is 12.3 Å². The van der Waals surface area contributed by atoms with Crippen LogP contribution in [0.3, 0.4) is 0 Å². The summed E-state index contributed by atoms with van der Waals surface area (Å²) in [7, 11) is 0. The third kappa shape index (κ3) is 2.96. The Balaban J connectivity index is 2.16. The summed E-state index contributed by atoms with van der Waals surface area (Å²) in [6.07, 6.45) is 1.76. The molecule has 4 N–H and O–H groups in total. The first kappa shape index (κ1) is 16.0. The normalized spacial score (nSPS) is 10.8. The van der Waals surface area contributed by atoms with Crippen LogP contribution < -0.4 is 11.1 Å². The lowest BCUT2D eigenvalue weighted by Gasteiger charge is -2.06. The summed E-state index contributed by atoms with van der Waals surface area (Å²) >= 11 is 6.01. The highest BCUT2D eigenvalue weighted by molar-refractivity contribution is 6.31. The highest BCUT2D eigenvalue weighted by Gasteiger charge is 2.21. The van der Waals surface area contributed by atoms with E-state index >= 15 is 0 Å². The summed E-state index contributed by atoms with van der Waals surface area (Å²) < 4.78 is 0. The minimum absolute atomic E-state index is 0.194. The second-order valence-corrected chi connectivity index (χ2v) is 5.71. The van der Waals surface area contributed by atoms with Gasteiger partial charge in [0, 0.05) is 34.2 Å². The highest BCUT2D eigenvalue weighted by Crippen LogP contribution is 2.31. The number of amides is 1. The van der Waals surface area contributed by atoms with Crippen LogP contribution in [0.4, 0.5) is 11.4 Å². The predicted octanol–water partition coefficient (Wildman–Crippen LogP) is 3.38. The van der Waals surface area contributed by atoms with Gasteiger partial charge in [0.1, 0.15) is 11.4 Å². The number of aromatic nitrogens is 2. The van der Waals surface area contributed by atoms with E-state index in [4.69, 9.17) is 17.3 Å². The number of nitrogens with one attached hydrogen (secondary N) is 2. The van der Waals surface area contributed by atoms with Crippen molar-refractivity contribution in [2.24, 2.45) is 0 Å². The fourth-order valence-electron chi connectivity index (χ4n) is 2.40. The molecule has 7 heteroatoms. The zero-order chi connectivity index (χ0) is 17.3. The van der Waals surface area contributed by atoms with E-state index in [1.54, 1.807) is 31.2 Å². The van der Waals surface area contributed by atoms with Crippen LogP contribution in [0, 0.1) is 0 Å². The van der Waals surface area contributed by atoms with E-state index in [9.17, 15) is 9.59 Å². The first-order valence-electron chi connectivity index (χ1n) is 7.37. The van der Waals surface area contributed by atoms with Crippen LogP contribution >= 0.6 is 11.6 Å². The third-order valence-corrected chi connectivity index (χ3v) is 3.82. The number of hydrogen-bond donors (Lipinski definition) is 3. The number of nitrogens with two attached hydrogens (primary N) is 1. The molecule has 122 valence electrons. The lowest BCUT2D eigenvalue weighted by atomic mass is 10.1. The highest BCUT2D eigenvalue weighted by atomic mass is 35.5. The third-order valence-electron chi connectivity index (χ3n) is 3.59. The van der Waals surface area contributed by atoms with Gasteiger partial charge in [0.05, 0.1) is 5.69 Å². The Morgan fingerprint density at radius 1 is 1.29 bits per heavy atom. The summed E-state index contributed by atoms with van der Waals surface area (Å²) in [5, 5.41) is 4.00. The Hall–Kier alpha value is -2.86. The van der Waals surface area contributed by atoms with Crippen molar-refractivity contribution < 1.29 is 9.59 Å². The number of benzene rings is 1. The number of aromatic amines is 1. The van der Waals surface area contributed by atoms with Gasteiger partial charge in [-0.2, -0.15) is 0 Å². The number of halogens is 1. The van der Waals surface area contributed by atoms with E-state index in [1.807, 2.05) is 0 Å². The Morgan fingerprint density at radius 3 is 2.79 bits per heavy atom. The lowest BCUT2D eigenvalue weighted by molar-refractivity contribution is -0.115. The summed E-state index contributed by atoms with van der Waals surface area (Å²) in [5.74, 6) is -0.554. The summed E-state index contributed by atoms with van der Waals surface area (Å²) in [6.45, 7) is 1.74. The van der Waals surface area contributed by atoms with Crippen LogP contribution in [0.1, 0.15) is 29.5 Å². The second-order valence-electron chi connectivity index (χ2n) is 5.27. The number of ketones is 1. The molecule has 0 saturated heterocycles. The molecule has 2 aromatic heterocycles. The minimum atomic E-state index is -0.360. The van der Waals surface area contributed by atoms with Crippen molar-refractivity contribution in [3.63, 3.8) is 0 Å². The van der Waals surface area contributed by atoms with Gasteiger partial charge in [-0.05, 0) is 30.3 Å². The quantitative estimate of drug-likeness (QED) is 0.632. The fourth-order valence-corrected chi connectivity index (χ4v) is 2.57. The molecule has 0 aliphatic heterocycles. The average Bonchev–Trinajstić information content (AvgIpc) is 2.91. The van der Waals surface area contributed by atoms with Crippen LogP contribution in [0.15, 0.2) is 36.5 Å². The first-order chi connectivity index (χ1) is 11.5. The molecule has 0 fully saturated rings. The van der Waals surface area contributed by atoms with Gasteiger partial charge in [-0.15, -0.1) is 0 Å². The maximum Gasteiger partial charge on any atom is 0.229 e. The second kappa shape index (κ2) is 6.33. The number of nitrogen functional groups attached to an aromatic ring is 1. The van der Waals surface area contributed by atoms with Crippen molar-refractivity contribution in [3.8, 4) is 0 Å². The van der Waals surface area contributed by atoms with Gasteiger partial charge in [-0.3, -0.25) is 14.6 Å². The van der Waals surface area contributed by atoms with Gasteiger partial charge in [-0.25, -0.2) is 0 Å². The number of hydrogen-bond acceptors (Lipinski definition) is 4. The first-order valence-corrected chi connectivity index (χ1v) is 7.74. The number of rotatable bonds is 4. The van der Waals surface area contributed by atoms with Crippen molar-refractivity contribution in [3.05, 3.63) is 52.9 Å². The van der Waals surface area contributed by atoms with E-state index in [0.29, 0.717) is 33.7 Å². The van der Waals surface area contributed by atoms with Gasteiger partial charge >= 0.3 is 0 Å². The van der Waals surface area contributed by atoms with E-state index in [2.05, 4.69) is 15.3 Å². The lowest BCUT2D eigenvalue weighted by Crippen LogP contribution is -2.14. The van der Waals surface area contributed by atoms with Crippen molar-refractivity contribution >= 4 is 45.6 Å². The maximum atomic E-state index is 12.8. The number of carbonyl (C=O) groups is 2. The van der Waals surface area contributed by atoms with Gasteiger partial charge in [0.25, 0.3) is 0 Å². The average molecular weight is 343 g/mol. The van der Waals surface area contributed by atoms with Crippen LogP contribution in [-0.4, -0.2) is 21.7 Å². The Labute approximate surface area is 143 Å². The predicted molar refractivity (Wildman–Crippen MR) is 94.3 cm³/mol. The number of carbonyl (C=O) groups excluding carboxylic acids is 2. The van der Waals surface area contributed by atoms with Crippen LogP contribution in [0.25, 0.3) is 10.9 Å². The zero-order valence-corrected chi connectivity index (χ0v) is 13.6. The van der Waals surface area contributed by atoms with Crippen molar-refractivity contribution in [2.45, 2.75) is 13.3 Å².